The van der Waals surface area contributed by atoms with Crippen molar-refractivity contribution >= 4 is 27.6 Å². The zero-order valence-electron chi connectivity index (χ0n) is 15.4. The van der Waals surface area contributed by atoms with Crippen LogP contribution in [0.4, 0.5) is 5.69 Å². The lowest BCUT2D eigenvalue weighted by molar-refractivity contribution is 0.314. The van der Waals surface area contributed by atoms with Gasteiger partial charge in [-0.25, -0.2) is 4.98 Å². The molecule has 0 spiro atoms. The van der Waals surface area contributed by atoms with E-state index in [0.717, 1.165) is 23.0 Å². The van der Waals surface area contributed by atoms with E-state index in [9.17, 15) is 4.79 Å². The minimum Gasteiger partial charge on any atom is -0.494 e. The number of benzene rings is 3. The van der Waals surface area contributed by atoms with Crippen molar-refractivity contribution in [3.05, 3.63) is 52.7 Å². The van der Waals surface area contributed by atoms with Gasteiger partial charge in [0.15, 0.2) is 16.8 Å². The molecule has 0 fully saturated rings. The average molecular weight is 363 g/mol. The van der Waals surface area contributed by atoms with Gasteiger partial charge >= 0.3 is 0 Å². The maximum atomic E-state index is 12.5. The standard InChI is InChI=1S/C21H21N3O3/c1-24(2)13-4-7-17-19(10-13)27-20-12-18(25)15-6-5-14(26-9-3-8-22)11-16(15)21(20)23-17/h4-7,10-12H,3,8-9,22H2,1-2H3. The van der Waals surface area contributed by atoms with E-state index in [1.165, 1.54) is 6.07 Å². The van der Waals surface area contributed by atoms with Crippen LogP contribution in [0.2, 0.25) is 0 Å². The molecule has 6 heteroatoms. The lowest BCUT2D eigenvalue weighted by Gasteiger charge is -2.14. The molecule has 138 valence electrons. The highest BCUT2D eigenvalue weighted by molar-refractivity contribution is 5.97. The van der Waals surface area contributed by atoms with E-state index < -0.39 is 0 Å². The lowest BCUT2D eigenvalue weighted by atomic mass is 10.0. The van der Waals surface area contributed by atoms with Gasteiger partial charge in [0.2, 0.25) is 0 Å². The van der Waals surface area contributed by atoms with E-state index in [-0.39, 0.29) is 5.43 Å². The number of hydrogen-bond donors (Lipinski definition) is 1. The topological polar surface area (TPSA) is 81.6 Å². The van der Waals surface area contributed by atoms with Crippen molar-refractivity contribution in [3.63, 3.8) is 0 Å². The summed E-state index contributed by atoms with van der Waals surface area (Å²) in [6, 6.07) is 12.8. The largest absolute Gasteiger partial charge is 0.494 e. The van der Waals surface area contributed by atoms with Gasteiger partial charge in [0.1, 0.15) is 17.0 Å². The van der Waals surface area contributed by atoms with Crippen LogP contribution in [0.25, 0.3) is 33.3 Å². The summed E-state index contributed by atoms with van der Waals surface area (Å²) in [6.45, 7) is 1.10. The minimum atomic E-state index is -0.0975. The summed E-state index contributed by atoms with van der Waals surface area (Å²) in [5.74, 6) is 1.16. The monoisotopic (exact) mass is 363 g/mol. The number of aromatic nitrogens is 1. The summed E-state index contributed by atoms with van der Waals surface area (Å²) in [7, 11) is 3.93. The summed E-state index contributed by atoms with van der Waals surface area (Å²) in [5, 5.41) is 1.32. The molecular weight excluding hydrogens is 342 g/mol. The molecule has 2 N–H and O–H groups in total. The summed E-state index contributed by atoms with van der Waals surface area (Å²) in [4.78, 5) is 19.3. The molecule has 0 aromatic heterocycles. The van der Waals surface area contributed by atoms with Gasteiger partial charge in [-0.2, -0.15) is 0 Å². The van der Waals surface area contributed by atoms with Crippen LogP contribution in [-0.4, -0.2) is 32.2 Å². The molecule has 6 nitrogen and oxygen atoms in total. The highest BCUT2D eigenvalue weighted by Gasteiger charge is 2.16. The first-order chi connectivity index (χ1) is 13.1. The third-order valence-corrected chi connectivity index (χ3v) is 4.54. The number of fused-ring (bicyclic) bond motifs is 4. The van der Waals surface area contributed by atoms with Crippen LogP contribution < -0.4 is 20.8 Å². The smallest absolute Gasteiger partial charge is 0.190 e. The van der Waals surface area contributed by atoms with Gasteiger partial charge in [0.05, 0.1) is 6.61 Å². The molecule has 2 aromatic rings. The number of ether oxygens (including phenoxy) is 1. The van der Waals surface area contributed by atoms with Gasteiger partial charge in [-0.15, -0.1) is 0 Å². The van der Waals surface area contributed by atoms with E-state index in [0.29, 0.717) is 41.3 Å². The molecule has 0 atom stereocenters. The first kappa shape index (κ1) is 17.3. The number of hydrogen-bond acceptors (Lipinski definition) is 6. The van der Waals surface area contributed by atoms with Crippen LogP contribution in [0.15, 0.2) is 51.7 Å². The zero-order chi connectivity index (χ0) is 19.0. The fraction of sp³-hybridized carbons (Fsp3) is 0.238. The molecule has 0 saturated heterocycles. The van der Waals surface area contributed by atoms with Crippen molar-refractivity contribution in [3.8, 4) is 17.2 Å². The van der Waals surface area contributed by atoms with Crippen LogP contribution >= 0.6 is 0 Å². The van der Waals surface area contributed by atoms with Crippen LogP contribution in [0.3, 0.4) is 0 Å². The van der Waals surface area contributed by atoms with Crippen LogP contribution in [-0.2, 0) is 0 Å². The number of nitrogens with zero attached hydrogens (tertiary/aromatic N) is 2. The predicted molar refractivity (Wildman–Crippen MR) is 108 cm³/mol. The SMILES string of the molecule is CN(C)c1ccc2nc3c4cc(OCCCN)ccc4c(=O)cc-3oc2c1. The molecule has 0 radical (unpaired) electrons. The van der Waals surface area contributed by atoms with E-state index in [1.807, 2.05) is 43.3 Å². The average Bonchev–Trinajstić information content (AvgIpc) is 2.66. The first-order valence-corrected chi connectivity index (χ1v) is 8.88. The van der Waals surface area contributed by atoms with Gasteiger partial charge < -0.3 is 19.8 Å². The van der Waals surface area contributed by atoms with Crippen LogP contribution in [0.1, 0.15) is 6.42 Å². The second-order valence-corrected chi connectivity index (χ2v) is 6.68. The molecule has 1 heterocycles. The van der Waals surface area contributed by atoms with Gasteiger partial charge in [-0.3, -0.25) is 4.79 Å². The van der Waals surface area contributed by atoms with Gasteiger partial charge in [-0.1, -0.05) is 0 Å². The fourth-order valence-corrected chi connectivity index (χ4v) is 3.08. The number of rotatable bonds is 5. The van der Waals surface area contributed by atoms with Crippen molar-refractivity contribution in [2.45, 2.75) is 6.42 Å². The molecule has 0 saturated carbocycles. The summed E-state index contributed by atoms with van der Waals surface area (Å²) in [6.07, 6.45) is 0.771. The summed E-state index contributed by atoms with van der Waals surface area (Å²) < 4.78 is 11.7. The maximum absolute atomic E-state index is 12.5. The fourth-order valence-electron chi connectivity index (χ4n) is 3.08. The normalized spacial score (nSPS) is 11.4. The molecule has 2 aliphatic rings. The van der Waals surface area contributed by atoms with Crippen molar-refractivity contribution < 1.29 is 9.15 Å². The van der Waals surface area contributed by atoms with E-state index in [4.69, 9.17) is 19.9 Å². The molecule has 0 bridgehead atoms. The Morgan fingerprint density at radius 1 is 1.11 bits per heavy atom. The molecule has 0 unspecified atom stereocenters. The highest BCUT2D eigenvalue weighted by Crippen LogP contribution is 2.33. The number of nitrogens with two attached hydrogens (primary N) is 1. The third-order valence-electron chi connectivity index (χ3n) is 4.54. The first-order valence-electron chi connectivity index (χ1n) is 8.88. The molecule has 27 heavy (non-hydrogen) atoms. The Balaban J connectivity index is 1.92. The van der Waals surface area contributed by atoms with E-state index in [1.54, 1.807) is 12.1 Å². The second kappa shape index (κ2) is 6.89. The Hall–Kier alpha value is -3.12. The van der Waals surface area contributed by atoms with Crippen molar-refractivity contribution in [1.29, 1.82) is 0 Å². The van der Waals surface area contributed by atoms with Gasteiger partial charge in [0.25, 0.3) is 0 Å². The van der Waals surface area contributed by atoms with Gasteiger partial charge in [0, 0.05) is 42.7 Å². The van der Waals surface area contributed by atoms with E-state index in [2.05, 4.69) is 0 Å². The Morgan fingerprint density at radius 3 is 2.74 bits per heavy atom. The maximum Gasteiger partial charge on any atom is 0.190 e. The van der Waals surface area contributed by atoms with Crippen molar-refractivity contribution in [2.75, 3.05) is 32.1 Å². The Morgan fingerprint density at radius 2 is 1.96 bits per heavy atom. The molecule has 4 rings (SSSR count). The molecule has 2 aromatic carbocycles. The zero-order valence-corrected chi connectivity index (χ0v) is 15.4. The van der Waals surface area contributed by atoms with Crippen LogP contribution in [0.5, 0.6) is 5.75 Å². The second-order valence-electron chi connectivity index (χ2n) is 6.68. The van der Waals surface area contributed by atoms with Crippen molar-refractivity contribution in [1.82, 2.24) is 4.98 Å². The quantitative estimate of drug-likeness (QED) is 0.333. The summed E-state index contributed by atoms with van der Waals surface area (Å²) in [5.41, 5.74) is 8.45. The molecular formula is C21H21N3O3. The molecule has 1 aliphatic heterocycles. The predicted octanol–water partition coefficient (Wildman–Crippen LogP) is 3.24. The Kier molecular flexibility index (Phi) is 4.41. The highest BCUT2D eigenvalue weighted by atomic mass is 16.5. The minimum absolute atomic E-state index is 0.0975. The van der Waals surface area contributed by atoms with Crippen LogP contribution in [0, 0.1) is 0 Å². The summed E-state index contributed by atoms with van der Waals surface area (Å²) >= 11 is 0. The third kappa shape index (κ3) is 3.19. The lowest BCUT2D eigenvalue weighted by Crippen LogP contribution is -2.08. The van der Waals surface area contributed by atoms with Crippen molar-refractivity contribution in [2.24, 2.45) is 5.73 Å². The molecule has 0 amide bonds. The Labute approximate surface area is 156 Å². The number of anilines is 1. The molecule has 1 aliphatic carbocycles. The van der Waals surface area contributed by atoms with E-state index >= 15 is 0 Å². The Bertz CT molecular complexity index is 1150. The van der Waals surface area contributed by atoms with Gasteiger partial charge in [-0.05, 0) is 43.3 Å².